The Morgan fingerprint density at radius 3 is 2.84 bits per heavy atom. The Bertz CT molecular complexity index is 614. The summed E-state index contributed by atoms with van der Waals surface area (Å²) in [6.45, 7) is 4.06. The summed E-state index contributed by atoms with van der Waals surface area (Å²) in [7, 11) is 0. The average Bonchev–Trinajstić information content (AvgIpc) is 2.81. The van der Waals surface area contributed by atoms with Crippen LogP contribution in [0.15, 0.2) is 36.5 Å². The van der Waals surface area contributed by atoms with E-state index in [1.807, 2.05) is 32.0 Å². The number of benzene rings is 1. The summed E-state index contributed by atoms with van der Waals surface area (Å²) in [5.74, 6) is -0.145. The second kappa shape index (κ2) is 5.52. The number of hydrogen-bond acceptors (Lipinski definition) is 2. The zero-order chi connectivity index (χ0) is 13.8. The highest BCUT2D eigenvalue weighted by Gasteiger charge is 2.07. The molecular formula is C15H16N2O2. The van der Waals surface area contributed by atoms with Crippen LogP contribution in [-0.2, 0) is 11.3 Å². The third kappa shape index (κ3) is 3.10. The standard InChI is InChI=1S/C15H16N2O2/c1-11-5-6-12(2)14(8-11)16-15(19)9-17-7-3-4-13(17)10-18/h3-8,10H,9H2,1-2H3,(H,16,19). The minimum atomic E-state index is -0.145. The molecule has 0 bridgehead atoms. The molecule has 1 N–H and O–H groups in total. The number of aryl methyl sites for hydroxylation is 2. The number of carbonyl (C=O) groups excluding carboxylic acids is 2. The van der Waals surface area contributed by atoms with Crippen molar-refractivity contribution in [3.8, 4) is 0 Å². The van der Waals surface area contributed by atoms with Gasteiger partial charge in [-0.2, -0.15) is 0 Å². The van der Waals surface area contributed by atoms with Gasteiger partial charge < -0.3 is 9.88 Å². The highest BCUT2D eigenvalue weighted by atomic mass is 16.2. The molecule has 2 aromatic rings. The van der Waals surface area contributed by atoms with Gasteiger partial charge in [0.15, 0.2) is 6.29 Å². The Labute approximate surface area is 112 Å². The van der Waals surface area contributed by atoms with Crippen LogP contribution in [0.1, 0.15) is 21.6 Å². The average molecular weight is 256 g/mol. The Kier molecular flexibility index (Phi) is 3.80. The van der Waals surface area contributed by atoms with Gasteiger partial charge in [-0.3, -0.25) is 9.59 Å². The Balaban J connectivity index is 2.09. The maximum atomic E-state index is 12.0. The molecule has 0 aliphatic rings. The van der Waals surface area contributed by atoms with Gasteiger partial charge in [-0.15, -0.1) is 0 Å². The van der Waals surface area contributed by atoms with Crippen molar-refractivity contribution in [2.45, 2.75) is 20.4 Å². The lowest BCUT2D eigenvalue weighted by Gasteiger charge is -2.10. The fraction of sp³-hybridized carbons (Fsp3) is 0.200. The lowest BCUT2D eigenvalue weighted by Crippen LogP contribution is -2.20. The van der Waals surface area contributed by atoms with E-state index in [2.05, 4.69) is 5.32 Å². The molecule has 1 aromatic heterocycles. The summed E-state index contributed by atoms with van der Waals surface area (Å²) >= 11 is 0. The summed E-state index contributed by atoms with van der Waals surface area (Å²) < 4.78 is 1.62. The second-order valence-corrected chi connectivity index (χ2v) is 4.55. The predicted molar refractivity (Wildman–Crippen MR) is 74.4 cm³/mol. The van der Waals surface area contributed by atoms with E-state index in [9.17, 15) is 9.59 Å². The van der Waals surface area contributed by atoms with Gasteiger partial charge in [-0.25, -0.2) is 0 Å². The van der Waals surface area contributed by atoms with Crippen LogP contribution in [-0.4, -0.2) is 16.8 Å². The van der Waals surface area contributed by atoms with E-state index < -0.39 is 0 Å². The molecule has 19 heavy (non-hydrogen) atoms. The number of aromatic nitrogens is 1. The quantitative estimate of drug-likeness (QED) is 0.855. The van der Waals surface area contributed by atoms with Crippen LogP contribution in [0.25, 0.3) is 0 Å². The van der Waals surface area contributed by atoms with E-state index in [0.717, 1.165) is 23.1 Å². The van der Waals surface area contributed by atoms with E-state index in [-0.39, 0.29) is 12.5 Å². The Hall–Kier alpha value is -2.36. The first-order valence-corrected chi connectivity index (χ1v) is 6.07. The van der Waals surface area contributed by atoms with E-state index in [4.69, 9.17) is 0 Å². The summed E-state index contributed by atoms with van der Waals surface area (Å²) in [5, 5.41) is 2.86. The van der Waals surface area contributed by atoms with E-state index in [1.54, 1.807) is 22.9 Å². The fourth-order valence-electron chi connectivity index (χ4n) is 1.89. The first kappa shape index (κ1) is 13.1. The molecule has 0 atom stereocenters. The zero-order valence-corrected chi connectivity index (χ0v) is 11.0. The highest BCUT2D eigenvalue weighted by molar-refractivity contribution is 5.91. The summed E-state index contributed by atoms with van der Waals surface area (Å²) in [6.07, 6.45) is 2.46. The van der Waals surface area contributed by atoms with Crippen molar-refractivity contribution in [1.82, 2.24) is 4.57 Å². The van der Waals surface area contributed by atoms with Gasteiger partial charge in [-0.1, -0.05) is 12.1 Å². The lowest BCUT2D eigenvalue weighted by molar-refractivity contribution is -0.116. The molecule has 0 radical (unpaired) electrons. The number of nitrogens with zero attached hydrogens (tertiary/aromatic N) is 1. The van der Waals surface area contributed by atoms with Crippen molar-refractivity contribution in [1.29, 1.82) is 0 Å². The molecule has 1 aromatic carbocycles. The minimum Gasteiger partial charge on any atom is -0.336 e. The number of nitrogens with one attached hydrogen (secondary N) is 1. The molecule has 2 rings (SSSR count). The van der Waals surface area contributed by atoms with Gasteiger partial charge in [-0.05, 0) is 43.2 Å². The first-order chi connectivity index (χ1) is 9.10. The lowest BCUT2D eigenvalue weighted by atomic mass is 10.1. The van der Waals surface area contributed by atoms with Crippen molar-refractivity contribution in [3.63, 3.8) is 0 Å². The maximum Gasteiger partial charge on any atom is 0.244 e. The van der Waals surface area contributed by atoms with Gasteiger partial charge in [0.25, 0.3) is 0 Å². The van der Waals surface area contributed by atoms with Crippen LogP contribution in [0.5, 0.6) is 0 Å². The van der Waals surface area contributed by atoms with Crippen molar-refractivity contribution < 1.29 is 9.59 Å². The molecule has 4 heteroatoms. The normalized spacial score (nSPS) is 10.2. The van der Waals surface area contributed by atoms with E-state index >= 15 is 0 Å². The number of aldehydes is 1. The molecule has 0 aliphatic carbocycles. The molecule has 0 aliphatic heterocycles. The van der Waals surface area contributed by atoms with Crippen LogP contribution in [0, 0.1) is 13.8 Å². The smallest absolute Gasteiger partial charge is 0.244 e. The Morgan fingerprint density at radius 2 is 2.11 bits per heavy atom. The number of rotatable bonds is 4. The second-order valence-electron chi connectivity index (χ2n) is 4.55. The topological polar surface area (TPSA) is 51.1 Å². The minimum absolute atomic E-state index is 0.133. The molecule has 0 saturated heterocycles. The molecule has 0 unspecified atom stereocenters. The van der Waals surface area contributed by atoms with Crippen molar-refractivity contribution in [2.75, 3.05) is 5.32 Å². The van der Waals surface area contributed by atoms with Crippen LogP contribution < -0.4 is 5.32 Å². The number of hydrogen-bond donors (Lipinski definition) is 1. The zero-order valence-electron chi connectivity index (χ0n) is 11.0. The predicted octanol–water partition coefficient (Wildman–Crippen LogP) is 2.56. The highest BCUT2D eigenvalue weighted by Crippen LogP contribution is 2.16. The molecule has 1 amide bonds. The molecular weight excluding hydrogens is 240 g/mol. The SMILES string of the molecule is Cc1ccc(C)c(NC(=O)Cn2cccc2C=O)c1. The number of anilines is 1. The monoisotopic (exact) mass is 256 g/mol. The summed E-state index contributed by atoms with van der Waals surface area (Å²) in [4.78, 5) is 22.7. The van der Waals surface area contributed by atoms with Gasteiger partial charge in [0.05, 0.1) is 5.69 Å². The van der Waals surface area contributed by atoms with Crippen LogP contribution >= 0.6 is 0 Å². The summed E-state index contributed by atoms with van der Waals surface area (Å²) in [6, 6.07) is 9.33. The molecule has 0 fully saturated rings. The first-order valence-electron chi connectivity index (χ1n) is 6.07. The molecule has 98 valence electrons. The molecule has 0 spiro atoms. The van der Waals surface area contributed by atoms with Gasteiger partial charge in [0.1, 0.15) is 6.54 Å². The maximum absolute atomic E-state index is 12.0. The fourth-order valence-corrected chi connectivity index (χ4v) is 1.89. The van der Waals surface area contributed by atoms with E-state index in [0.29, 0.717) is 5.69 Å². The molecule has 4 nitrogen and oxygen atoms in total. The van der Waals surface area contributed by atoms with Crippen molar-refractivity contribution in [3.05, 3.63) is 53.3 Å². The van der Waals surface area contributed by atoms with Crippen molar-refractivity contribution in [2.24, 2.45) is 0 Å². The summed E-state index contributed by atoms with van der Waals surface area (Å²) in [5.41, 5.74) is 3.42. The van der Waals surface area contributed by atoms with Gasteiger partial charge in [0, 0.05) is 11.9 Å². The van der Waals surface area contributed by atoms with Crippen LogP contribution in [0.2, 0.25) is 0 Å². The van der Waals surface area contributed by atoms with Gasteiger partial charge in [0.2, 0.25) is 5.91 Å². The molecule has 1 heterocycles. The third-order valence-corrected chi connectivity index (χ3v) is 2.97. The van der Waals surface area contributed by atoms with Crippen molar-refractivity contribution >= 4 is 17.9 Å². The Morgan fingerprint density at radius 1 is 1.32 bits per heavy atom. The third-order valence-electron chi connectivity index (χ3n) is 2.97. The van der Waals surface area contributed by atoms with Crippen LogP contribution in [0.3, 0.4) is 0 Å². The van der Waals surface area contributed by atoms with Gasteiger partial charge >= 0.3 is 0 Å². The van der Waals surface area contributed by atoms with Crippen LogP contribution in [0.4, 0.5) is 5.69 Å². The number of amides is 1. The van der Waals surface area contributed by atoms with E-state index in [1.165, 1.54) is 0 Å². The molecule has 0 saturated carbocycles. The number of carbonyl (C=O) groups is 2. The largest absolute Gasteiger partial charge is 0.336 e.